The lowest BCUT2D eigenvalue weighted by Crippen LogP contribution is -2.50. The van der Waals surface area contributed by atoms with Gasteiger partial charge in [-0.3, -0.25) is 0 Å². The molecule has 0 amide bonds. The molecule has 2 fully saturated rings. The maximum absolute atomic E-state index is 5.62. The molecule has 0 spiro atoms. The summed E-state index contributed by atoms with van der Waals surface area (Å²) in [7, 11) is 0. The van der Waals surface area contributed by atoms with Crippen molar-refractivity contribution in [2.45, 2.75) is 49.7 Å². The van der Waals surface area contributed by atoms with E-state index in [1.54, 1.807) is 0 Å². The summed E-state index contributed by atoms with van der Waals surface area (Å²) < 4.78 is 5.62. The van der Waals surface area contributed by atoms with E-state index in [1.807, 2.05) is 0 Å². The van der Waals surface area contributed by atoms with Crippen molar-refractivity contribution < 1.29 is 4.74 Å². The quantitative estimate of drug-likeness (QED) is 0.811. The lowest BCUT2D eigenvalue weighted by molar-refractivity contribution is 0.175. The van der Waals surface area contributed by atoms with E-state index < -0.39 is 0 Å². The average molecular weight is 290 g/mol. The molecule has 2 saturated heterocycles. The van der Waals surface area contributed by atoms with E-state index in [0.29, 0.717) is 6.04 Å². The Labute approximate surface area is 120 Å². The largest absolute Gasteiger partial charge is 0.381 e. The zero-order valence-corrected chi connectivity index (χ0v) is 13.3. The lowest BCUT2D eigenvalue weighted by atomic mass is 9.93. The predicted molar refractivity (Wildman–Crippen MR) is 83.8 cm³/mol. The van der Waals surface area contributed by atoms with Crippen LogP contribution >= 0.6 is 23.5 Å². The Morgan fingerprint density at radius 3 is 2.78 bits per heavy atom. The normalized spacial score (nSPS) is 34.7. The monoisotopic (exact) mass is 289 g/mol. The smallest absolute Gasteiger partial charge is 0.0510 e. The molecule has 4 unspecified atom stereocenters. The molecule has 2 rings (SSSR count). The topological polar surface area (TPSA) is 21.3 Å². The molecule has 0 radical (unpaired) electrons. The summed E-state index contributed by atoms with van der Waals surface area (Å²) >= 11 is 4.39. The molecular formula is C14H27NOS2. The van der Waals surface area contributed by atoms with Gasteiger partial charge in [-0.15, -0.1) is 0 Å². The highest BCUT2D eigenvalue weighted by Crippen LogP contribution is 2.38. The van der Waals surface area contributed by atoms with E-state index in [2.05, 4.69) is 42.7 Å². The molecule has 4 atom stereocenters. The first kappa shape index (κ1) is 15.0. The highest BCUT2D eigenvalue weighted by Gasteiger charge is 2.37. The second-order valence-electron chi connectivity index (χ2n) is 5.26. The standard InChI is InChI=1S/C14H27NOS2/c1-3-6-15-13(11-5-7-16-10-11)14-12(4-2)17-8-9-18-14/h11-15H,3-10H2,1-2H3. The maximum atomic E-state index is 5.62. The van der Waals surface area contributed by atoms with Gasteiger partial charge in [-0.1, -0.05) is 13.8 Å². The fraction of sp³-hybridized carbons (Fsp3) is 1.00. The first-order valence-corrected chi connectivity index (χ1v) is 9.50. The van der Waals surface area contributed by atoms with E-state index in [4.69, 9.17) is 4.74 Å². The second-order valence-corrected chi connectivity index (χ2v) is 7.89. The second kappa shape index (κ2) is 8.03. The summed E-state index contributed by atoms with van der Waals surface area (Å²) in [6, 6.07) is 0.662. The Balaban J connectivity index is 2.00. The van der Waals surface area contributed by atoms with Crippen LogP contribution in [0.15, 0.2) is 0 Å². The predicted octanol–water partition coefficient (Wildman–Crippen LogP) is 3.02. The van der Waals surface area contributed by atoms with Gasteiger partial charge in [0.2, 0.25) is 0 Å². The minimum Gasteiger partial charge on any atom is -0.381 e. The van der Waals surface area contributed by atoms with Crippen molar-refractivity contribution in [2.24, 2.45) is 5.92 Å². The Hall–Kier alpha value is 0.620. The number of nitrogens with one attached hydrogen (secondary N) is 1. The van der Waals surface area contributed by atoms with Crippen LogP contribution in [0.4, 0.5) is 0 Å². The van der Waals surface area contributed by atoms with Gasteiger partial charge in [-0.05, 0) is 25.8 Å². The van der Waals surface area contributed by atoms with Crippen LogP contribution in [0, 0.1) is 5.92 Å². The number of ether oxygens (including phenoxy) is 1. The van der Waals surface area contributed by atoms with Gasteiger partial charge in [0.1, 0.15) is 0 Å². The van der Waals surface area contributed by atoms with Crippen molar-refractivity contribution in [1.82, 2.24) is 5.32 Å². The van der Waals surface area contributed by atoms with Crippen LogP contribution in [0.1, 0.15) is 33.1 Å². The third kappa shape index (κ3) is 3.81. The van der Waals surface area contributed by atoms with Crippen LogP contribution in [-0.4, -0.2) is 47.8 Å². The van der Waals surface area contributed by atoms with Gasteiger partial charge in [0.05, 0.1) is 6.61 Å². The van der Waals surface area contributed by atoms with Gasteiger partial charge in [0.25, 0.3) is 0 Å². The summed E-state index contributed by atoms with van der Waals surface area (Å²) in [6.07, 6.45) is 3.78. The molecule has 18 heavy (non-hydrogen) atoms. The summed E-state index contributed by atoms with van der Waals surface area (Å²) in [6.45, 7) is 7.70. The van der Waals surface area contributed by atoms with Crippen LogP contribution in [-0.2, 0) is 4.74 Å². The van der Waals surface area contributed by atoms with Crippen molar-refractivity contribution in [2.75, 3.05) is 31.3 Å². The summed E-state index contributed by atoms with van der Waals surface area (Å²) in [4.78, 5) is 0. The highest BCUT2D eigenvalue weighted by molar-refractivity contribution is 8.07. The fourth-order valence-electron chi connectivity index (χ4n) is 2.97. The van der Waals surface area contributed by atoms with E-state index in [-0.39, 0.29) is 0 Å². The van der Waals surface area contributed by atoms with Crippen molar-refractivity contribution in [3.8, 4) is 0 Å². The molecule has 2 aliphatic rings. The lowest BCUT2D eigenvalue weighted by Gasteiger charge is -2.39. The molecule has 2 heterocycles. The first-order valence-electron chi connectivity index (χ1n) is 7.41. The van der Waals surface area contributed by atoms with Gasteiger partial charge in [-0.2, -0.15) is 23.5 Å². The van der Waals surface area contributed by atoms with Crippen LogP contribution in [0.25, 0.3) is 0 Å². The molecule has 0 aromatic heterocycles. The Morgan fingerprint density at radius 2 is 2.11 bits per heavy atom. The molecule has 106 valence electrons. The van der Waals surface area contributed by atoms with E-state index in [0.717, 1.165) is 36.2 Å². The molecular weight excluding hydrogens is 262 g/mol. The highest BCUT2D eigenvalue weighted by atomic mass is 32.2. The fourth-order valence-corrected chi connectivity index (χ4v) is 6.31. The van der Waals surface area contributed by atoms with Crippen LogP contribution < -0.4 is 5.32 Å². The van der Waals surface area contributed by atoms with Crippen molar-refractivity contribution in [1.29, 1.82) is 0 Å². The number of rotatable bonds is 6. The van der Waals surface area contributed by atoms with Gasteiger partial charge >= 0.3 is 0 Å². The minimum atomic E-state index is 0.662. The molecule has 0 aromatic carbocycles. The van der Waals surface area contributed by atoms with Gasteiger partial charge in [0, 0.05) is 40.6 Å². The van der Waals surface area contributed by atoms with Crippen molar-refractivity contribution in [3.05, 3.63) is 0 Å². The van der Waals surface area contributed by atoms with Crippen molar-refractivity contribution in [3.63, 3.8) is 0 Å². The van der Waals surface area contributed by atoms with Crippen molar-refractivity contribution >= 4 is 23.5 Å². The molecule has 0 aliphatic carbocycles. The maximum Gasteiger partial charge on any atom is 0.0510 e. The number of hydrogen-bond acceptors (Lipinski definition) is 4. The number of thioether (sulfide) groups is 2. The van der Waals surface area contributed by atoms with E-state index in [1.165, 1.54) is 30.8 Å². The summed E-state index contributed by atoms with van der Waals surface area (Å²) in [5.74, 6) is 3.40. The molecule has 0 saturated carbocycles. The van der Waals surface area contributed by atoms with E-state index >= 15 is 0 Å². The summed E-state index contributed by atoms with van der Waals surface area (Å²) in [5, 5.41) is 5.45. The zero-order valence-electron chi connectivity index (χ0n) is 11.7. The van der Waals surface area contributed by atoms with Crippen LogP contribution in [0.3, 0.4) is 0 Å². The van der Waals surface area contributed by atoms with Gasteiger partial charge < -0.3 is 10.1 Å². The summed E-state index contributed by atoms with van der Waals surface area (Å²) in [5.41, 5.74) is 0. The Bertz CT molecular complexity index is 234. The molecule has 0 bridgehead atoms. The number of hydrogen-bond donors (Lipinski definition) is 1. The minimum absolute atomic E-state index is 0.662. The van der Waals surface area contributed by atoms with Gasteiger partial charge in [0.15, 0.2) is 0 Å². The zero-order chi connectivity index (χ0) is 12.8. The molecule has 2 aliphatic heterocycles. The molecule has 4 heteroatoms. The third-order valence-electron chi connectivity index (χ3n) is 3.95. The van der Waals surface area contributed by atoms with Gasteiger partial charge in [-0.25, -0.2) is 0 Å². The molecule has 1 N–H and O–H groups in total. The first-order chi connectivity index (χ1) is 8.86. The molecule has 2 nitrogen and oxygen atoms in total. The Kier molecular flexibility index (Phi) is 6.70. The Morgan fingerprint density at radius 1 is 1.28 bits per heavy atom. The SMILES string of the molecule is CCCNC(C1CCOC1)C1SCCSC1CC. The third-order valence-corrected chi connectivity index (χ3v) is 7.32. The van der Waals surface area contributed by atoms with E-state index in [9.17, 15) is 0 Å². The van der Waals surface area contributed by atoms with Crippen LogP contribution in [0.2, 0.25) is 0 Å². The molecule has 0 aromatic rings. The average Bonchev–Trinajstić information content (AvgIpc) is 2.94. The van der Waals surface area contributed by atoms with Crippen LogP contribution in [0.5, 0.6) is 0 Å².